The summed E-state index contributed by atoms with van der Waals surface area (Å²) in [6.45, 7) is 0. The van der Waals surface area contributed by atoms with Crippen LogP contribution in [0.15, 0.2) is 84.9 Å². The molecule has 1 amide bonds. The maximum absolute atomic E-state index is 13.2. The Hall–Kier alpha value is -3.44. The molecule has 0 aromatic heterocycles. The van der Waals surface area contributed by atoms with E-state index in [9.17, 15) is 14.7 Å². The number of hydrogen-bond acceptors (Lipinski definition) is 4. The number of carbonyl (C=O) groups is 2. The minimum atomic E-state index is -2.25. The van der Waals surface area contributed by atoms with Gasteiger partial charge in [-0.2, -0.15) is 0 Å². The number of rotatable bonds is 4. The molecule has 0 radical (unpaired) electrons. The molecule has 1 N–H and O–H groups in total. The van der Waals surface area contributed by atoms with Gasteiger partial charge in [0.1, 0.15) is 0 Å². The maximum atomic E-state index is 13.2. The zero-order valence-electron chi connectivity index (χ0n) is 13.7. The van der Waals surface area contributed by atoms with E-state index in [2.05, 4.69) is 0 Å². The molecular weight excluding hydrogens is 330 g/mol. The molecule has 0 bridgehead atoms. The van der Waals surface area contributed by atoms with Crippen molar-refractivity contribution in [1.29, 1.82) is 0 Å². The standard InChI is InChI=1S/C21H15NO4/c23-19(15-9-3-1-4-10-15)21(25)18-14-8-7-13-17(18)20(24)22(21)26-16-11-5-2-6-12-16/h1-14,25H. The molecule has 0 aliphatic carbocycles. The Morgan fingerprint density at radius 1 is 0.846 bits per heavy atom. The minimum Gasteiger partial charge on any atom is -0.373 e. The summed E-state index contributed by atoms with van der Waals surface area (Å²) in [6, 6.07) is 23.4. The Morgan fingerprint density at radius 2 is 1.42 bits per heavy atom. The zero-order chi connectivity index (χ0) is 18.1. The summed E-state index contributed by atoms with van der Waals surface area (Å²) < 4.78 is 0. The molecule has 0 saturated heterocycles. The number of para-hydroxylation sites is 1. The Morgan fingerprint density at radius 3 is 2.12 bits per heavy atom. The number of hydroxylamine groups is 2. The summed E-state index contributed by atoms with van der Waals surface area (Å²) in [6.07, 6.45) is 0. The lowest BCUT2D eigenvalue weighted by molar-refractivity contribution is -0.177. The SMILES string of the molecule is O=C1c2ccccc2C(O)(C(=O)c2ccccc2)N1Oc1ccccc1. The van der Waals surface area contributed by atoms with Crippen molar-refractivity contribution in [2.45, 2.75) is 5.72 Å². The molecule has 1 unspecified atom stereocenters. The maximum Gasteiger partial charge on any atom is 0.290 e. The van der Waals surface area contributed by atoms with E-state index in [0.29, 0.717) is 5.75 Å². The van der Waals surface area contributed by atoms with E-state index >= 15 is 0 Å². The van der Waals surface area contributed by atoms with Crippen LogP contribution in [0.1, 0.15) is 26.3 Å². The van der Waals surface area contributed by atoms with Gasteiger partial charge >= 0.3 is 0 Å². The number of hydrogen-bond donors (Lipinski definition) is 1. The number of ketones is 1. The van der Waals surface area contributed by atoms with Crippen molar-refractivity contribution in [2.75, 3.05) is 0 Å². The summed E-state index contributed by atoms with van der Waals surface area (Å²) in [4.78, 5) is 31.6. The van der Waals surface area contributed by atoms with Gasteiger partial charge in [-0.1, -0.05) is 66.7 Å². The van der Waals surface area contributed by atoms with E-state index in [1.807, 2.05) is 0 Å². The number of benzene rings is 3. The molecule has 5 nitrogen and oxygen atoms in total. The predicted octanol–water partition coefficient (Wildman–Crippen LogP) is 3.16. The fourth-order valence-corrected chi connectivity index (χ4v) is 3.04. The normalized spacial score (nSPS) is 18.5. The molecule has 0 saturated carbocycles. The molecular formula is C21H15NO4. The fraction of sp³-hybridized carbons (Fsp3) is 0.0476. The average molecular weight is 345 g/mol. The molecule has 5 heteroatoms. The average Bonchev–Trinajstić information content (AvgIpc) is 2.92. The molecule has 3 aromatic rings. The van der Waals surface area contributed by atoms with Crippen LogP contribution >= 0.6 is 0 Å². The van der Waals surface area contributed by atoms with Crippen molar-refractivity contribution in [3.63, 3.8) is 0 Å². The smallest absolute Gasteiger partial charge is 0.290 e. The molecule has 26 heavy (non-hydrogen) atoms. The second-order valence-electron chi connectivity index (χ2n) is 5.92. The first-order valence-electron chi connectivity index (χ1n) is 8.11. The topological polar surface area (TPSA) is 66.8 Å². The van der Waals surface area contributed by atoms with Gasteiger partial charge in [0.25, 0.3) is 11.6 Å². The summed E-state index contributed by atoms with van der Waals surface area (Å²) in [5.41, 5.74) is -1.53. The van der Waals surface area contributed by atoms with Crippen LogP contribution in [0.4, 0.5) is 0 Å². The van der Waals surface area contributed by atoms with E-state index in [1.54, 1.807) is 84.9 Å². The van der Waals surface area contributed by atoms with Gasteiger partial charge in [-0.25, -0.2) is 0 Å². The first kappa shape index (κ1) is 16.1. The largest absolute Gasteiger partial charge is 0.373 e. The highest BCUT2D eigenvalue weighted by Gasteiger charge is 2.56. The quantitative estimate of drug-likeness (QED) is 0.738. The lowest BCUT2D eigenvalue weighted by Crippen LogP contribution is -2.51. The fourth-order valence-electron chi connectivity index (χ4n) is 3.04. The lowest BCUT2D eigenvalue weighted by Gasteiger charge is -2.31. The Bertz CT molecular complexity index is 972. The molecule has 3 aromatic carbocycles. The summed E-state index contributed by atoms with van der Waals surface area (Å²) >= 11 is 0. The Balaban J connectivity index is 1.84. The number of Topliss-reactive ketones (excluding diaryl/α,β-unsaturated/α-hetero) is 1. The molecule has 4 rings (SSSR count). The van der Waals surface area contributed by atoms with Crippen LogP contribution < -0.4 is 4.84 Å². The molecule has 128 valence electrons. The molecule has 0 fully saturated rings. The van der Waals surface area contributed by atoms with E-state index in [0.717, 1.165) is 5.06 Å². The van der Waals surface area contributed by atoms with Crippen LogP contribution in [0.5, 0.6) is 5.75 Å². The third kappa shape index (κ3) is 2.37. The van der Waals surface area contributed by atoms with Gasteiger partial charge in [0.15, 0.2) is 5.75 Å². The van der Waals surface area contributed by atoms with Gasteiger partial charge in [0, 0.05) is 11.1 Å². The first-order chi connectivity index (χ1) is 12.6. The number of aliphatic hydroxyl groups is 1. The summed E-state index contributed by atoms with van der Waals surface area (Å²) in [5, 5.41) is 12.1. The molecule has 0 spiro atoms. The monoisotopic (exact) mass is 345 g/mol. The van der Waals surface area contributed by atoms with Crippen LogP contribution in [-0.4, -0.2) is 21.9 Å². The van der Waals surface area contributed by atoms with E-state index in [1.165, 1.54) is 0 Å². The minimum absolute atomic E-state index is 0.204. The van der Waals surface area contributed by atoms with Gasteiger partial charge in [0.05, 0.1) is 5.56 Å². The summed E-state index contributed by atoms with van der Waals surface area (Å²) in [5.74, 6) is -0.864. The molecule has 1 aliphatic rings. The number of nitrogens with zero attached hydrogens (tertiary/aromatic N) is 1. The Kier molecular flexibility index (Phi) is 3.78. The van der Waals surface area contributed by atoms with Crippen LogP contribution in [0, 0.1) is 0 Å². The van der Waals surface area contributed by atoms with Crippen molar-refractivity contribution in [3.05, 3.63) is 102 Å². The van der Waals surface area contributed by atoms with Gasteiger partial charge in [-0.05, 0) is 18.2 Å². The Labute approximate surface area is 150 Å². The molecule has 1 heterocycles. The van der Waals surface area contributed by atoms with Crippen LogP contribution in [0.2, 0.25) is 0 Å². The van der Waals surface area contributed by atoms with Crippen molar-refractivity contribution >= 4 is 11.7 Å². The molecule has 1 aliphatic heterocycles. The van der Waals surface area contributed by atoms with Gasteiger partial charge in [-0.3, -0.25) is 9.59 Å². The van der Waals surface area contributed by atoms with Crippen molar-refractivity contribution < 1.29 is 19.5 Å². The second kappa shape index (κ2) is 6.13. The number of carbonyl (C=O) groups excluding carboxylic acids is 2. The number of amides is 1. The molecule has 1 atom stereocenters. The van der Waals surface area contributed by atoms with Crippen molar-refractivity contribution in [1.82, 2.24) is 5.06 Å². The van der Waals surface area contributed by atoms with Crippen LogP contribution in [0.25, 0.3) is 0 Å². The number of fused-ring (bicyclic) bond motifs is 1. The summed E-state index contributed by atoms with van der Waals surface area (Å²) in [7, 11) is 0. The van der Waals surface area contributed by atoms with E-state index < -0.39 is 17.4 Å². The highest BCUT2D eigenvalue weighted by Crippen LogP contribution is 2.40. The highest BCUT2D eigenvalue weighted by atomic mass is 16.7. The van der Waals surface area contributed by atoms with Crippen molar-refractivity contribution in [2.24, 2.45) is 0 Å². The van der Waals surface area contributed by atoms with Crippen LogP contribution in [0.3, 0.4) is 0 Å². The van der Waals surface area contributed by atoms with E-state index in [-0.39, 0.29) is 16.7 Å². The van der Waals surface area contributed by atoms with Crippen LogP contribution in [-0.2, 0) is 5.72 Å². The third-order valence-corrected chi connectivity index (χ3v) is 4.30. The second-order valence-corrected chi connectivity index (χ2v) is 5.92. The first-order valence-corrected chi connectivity index (χ1v) is 8.11. The predicted molar refractivity (Wildman–Crippen MR) is 94.4 cm³/mol. The van der Waals surface area contributed by atoms with Gasteiger partial charge in [0.2, 0.25) is 5.78 Å². The highest BCUT2D eigenvalue weighted by molar-refractivity contribution is 6.11. The van der Waals surface area contributed by atoms with Gasteiger partial charge < -0.3 is 9.94 Å². The zero-order valence-corrected chi connectivity index (χ0v) is 13.7. The van der Waals surface area contributed by atoms with E-state index in [4.69, 9.17) is 4.84 Å². The third-order valence-electron chi connectivity index (χ3n) is 4.30. The van der Waals surface area contributed by atoms with Gasteiger partial charge in [-0.15, -0.1) is 5.06 Å². The lowest BCUT2D eigenvalue weighted by atomic mass is 9.93. The van der Waals surface area contributed by atoms with Crippen molar-refractivity contribution in [3.8, 4) is 5.75 Å².